The summed E-state index contributed by atoms with van der Waals surface area (Å²) in [4.78, 5) is 3.93. The first kappa shape index (κ1) is 15.9. The van der Waals surface area contributed by atoms with Gasteiger partial charge >= 0.3 is 0 Å². The van der Waals surface area contributed by atoms with E-state index in [1.165, 1.54) is 0 Å². The second kappa shape index (κ2) is 7.02. The number of pyridine rings is 1. The molecular formula is C15H22F2N2O2. The minimum atomic E-state index is -0.777. The van der Waals surface area contributed by atoms with Crippen molar-refractivity contribution in [2.24, 2.45) is 0 Å². The van der Waals surface area contributed by atoms with Crippen molar-refractivity contribution in [2.75, 3.05) is 11.9 Å². The van der Waals surface area contributed by atoms with Crippen molar-refractivity contribution in [3.63, 3.8) is 0 Å². The van der Waals surface area contributed by atoms with Crippen molar-refractivity contribution < 1.29 is 18.3 Å². The number of ether oxygens (including phenoxy) is 2. The molecule has 21 heavy (non-hydrogen) atoms. The van der Waals surface area contributed by atoms with E-state index in [4.69, 9.17) is 9.47 Å². The Morgan fingerprint density at radius 2 is 1.95 bits per heavy atom. The smallest absolute Gasteiger partial charge is 0.252 e. The fraction of sp³-hybridized carbons (Fsp3) is 0.667. The molecule has 1 aliphatic heterocycles. The second-order valence-corrected chi connectivity index (χ2v) is 5.50. The highest BCUT2D eigenvalue weighted by Crippen LogP contribution is 2.27. The molecule has 6 heteroatoms. The molecule has 1 aromatic heterocycles. The predicted octanol–water partition coefficient (Wildman–Crippen LogP) is 3.52. The first-order valence-corrected chi connectivity index (χ1v) is 7.41. The summed E-state index contributed by atoms with van der Waals surface area (Å²) in [7, 11) is 0. The highest BCUT2D eigenvalue weighted by atomic mass is 19.1. The molecular weight excluding hydrogens is 278 g/mol. The van der Waals surface area contributed by atoms with E-state index in [1.807, 2.05) is 20.8 Å². The molecule has 1 aliphatic rings. The zero-order valence-electron chi connectivity index (χ0n) is 12.7. The van der Waals surface area contributed by atoms with Gasteiger partial charge in [0.1, 0.15) is 6.10 Å². The Kier molecular flexibility index (Phi) is 5.33. The van der Waals surface area contributed by atoms with E-state index < -0.39 is 11.6 Å². The minimum Gasteiger partial charge on any atom is -0.472 e. The molecule has 0 amide bonds. The van der Waals surface area contributed by atoms with Gasteiger partial charge in [-0.15, -0.1) is 0 Å². The maximum Gasteiger partial charge on any atom is 0.252 e. The van der Waals surface area contributed by atoms with Gasteiger partial charge in [0.2, 0.25) is 0 Å². The molecule has 1 fully saturated rings. The third-order valence-electron chi connectivity index (χ3n) is 3.37. The van der Waals surface area contributed by atoms with Crippen molar-refractivity contribution in [1.82, 2.24) is 4.98 Å². The summed E-state index contributed by atoms with van der Waals surface area (Å²) in [6.07, 6.45) is 2.10. The van der Waals surface area contributed by atoms with Gasteiger partial charge in [0.25, 0.3) is 5.88 Å². The standard InChI is InChI=1S/C15H22F2N2O2/c1-4-5-18-14-12(16)8-13(17)15(19-14)21-11-6-9(2)20-10(3)7-11/h8-11H,4-7H2,1-3H3,(H,18,19). The zero-order chi connectivity index (χ0) is 15.4. The van der Waals surface area contributed by atoms with Crippen molar-refractivity contribution in [2.45, 2.75) is 58.3 Å². The molecule has 118 valence electrons. The number of anilines is 1. The Morgan fingerprint density at radius 1 is 1.29 bits per heavy atom. The van der Waals surface area contributed by atoms with Crippen LogP contribution in [-0.2, 0) is 4.74 Å². The van der Waals surface area contributed by atoms with Gasteiger partial charge in [0, 0.05) is 25.5 Å². The lowest BCUT2D eigenvalue weighted by molar-refractivity contribution is -0.0736. The summed E-state index contributed by atoms with van der Waals surface area (Å²) in [6.45, 7) is 6.43. The molecule has 0 radical (unpaired) electrons. The normalized spacial score (nSPS) is 25.7. The third kappa shape index (κ3) is 4.27. The zero-order valence-corrected chi connectivity index (χ0v) is 12.7. The molecule has 0 spiro atoms. The highest BCUT2D eigenvalue weighted by molar-refractivity contribution is 5.39. The molecule has 0 aliphatic carbocycles. The van der Waals surface area contributed by atoms with Crippen LogP contribution < -0.4 is 10.1 Å². The Hall–Kier alpha value is -1.43. The van der Waals surface area contributed by atoms with Crippen LogP contribution in [0.1, 0.15) is 40.0 Å². The van der Waals surface area contributed by atoms with Crippen molar-refractivity contribution >= 4 is 5.82 Å². The molecule has 0 aromatic carbocycles. The van der Waals surface area contributed by atoms with Gasteiger partial charge in [-0.1, -0.05) is 6.92 Å². The molecule has 1 aromatic rings. The third-order valence-corrected chi connectivity index (χ3v) is 3.37. The number of hydrogen-bond donors (Lipinski definition) is 1. The Morgan fingerprint density at radius 3 is 2.57 bits per heavy atom. The number of nitrogens with one attached hydrogen (secondary N) is 1. The van der Waals surface area contributed by atoms with Gasteiger partial charge < -0.3 is 14.8 Å². The molecule has 0 saturated carbocycles. The molecule has 1 saturated heterocycles. The average Bonchev–Trinajstić information content (AvgIpc) is 2.39. The molecule has 2 atom stereocenters. The van der Waals surface area contributed by atoms with E-state index in [2.05, 4.69) is 10.3 Å². The quantitative estimate of drug-likeness (QED) is 0.903. The van der Waals surface area contributed by atoms with Crippen molar-refractivity contribution in [1.29, 1.82) is 0 Å². The van der Waals surface area contributed by atoms with Crippen LogP contribution in [0.25, 0.3) is 0 Å². The van der Waals surface area contributed by atoms with E-state index in [1.54, 1.807) is 0 Å². The van der Waals surface area contributed by atoms with Crippen LogP contribution in [0.5, 0.6) is 5.88 Å². The lowest BCUT2D eigenvalue weighted by Crippen LogP contribution is -2.36. The average molecular weight is 300 g/mol. The summed E-state index contributed by atoms with van der Waals surface area (Å²) in [5.41, 5.74) is 0. The number of rotatable bonds is 5. The van der Waals surface area contributed by atoms with Gasteiger partial charge in [0.05, 0.1) is 12.2 Å². The largest absolute Gasteiger partial charge is 0.472 e. The lowest BCUT2D eigenvalue weighted by Gasteiger charge is -2.32. The summed E-state index contributed by atoms with van der Waals surface area (Å²) < 4.78 is 38.7. The van der Waals surface area contributed by atoms with E-state index in [0.717, 1.165) is 12.5 Å². The first-order chi connectivity index (χ1) is 9.99. The number of aromatic nitrogens is 1. The van der Waals surface area contributed by atoms with Crippen molar-refractivity contribution in [3.8, 4) is 5.88 Å². The Labute approximate surface area is 123 Å². The topological polar surface area (TPSA) is 43.4 Å². The van der Waals surface area contributed by atoms with Crippen LogP contribution in [0, 0.1) is 11.6 Å². The maximum atomic E-state index is 13.8. The van der Waals surface area contributed by atoms with Gasteiger partial charge in [-0.25, -0.2) is 8.78 Å². The number of hydrogen-bond acceptors (Lipinski definition) is 4. The fourth-order valence-corrected chi connectivity index (χ4v) is 2.50. The van der Waals surface area contributed by atoms with Crippen LogP contribution in [-0.4, -0.2) is 29.8 Å². The highest BCUT2D eigenvalue weighted by Gasteiger charge is 2.27. The molecule has 1 N–H and O–H groups in total. The molecule has 2 heterocycles. The Bertz CT molecular complexity index is 475. The van der Waals surface area contributed by atoms with Crippen molar-refractivity contribution in [3.05, 3.63) is 17.7 Å². The van der Waals surface area contributed by atoms with Crippen LogP contribution in [0.4, 0.5) is 14.6 Å². The SMILES string of the molecule is CCCNc1nc(OC2CC(C)OC(C)C2)c(F)cc1F. The van der Waals surface area contributed by atoms with Crippen LogP contribution in [0.2, 0.25) is 0 Å². The van der Waals surface area contributed by atoms with Gasteiger partial charge in [-0.05, 0) is 20.3 Å². The predicted molar refractivity (Wildman–Crippen MR) is 76.6 cm³/mol. The molecule has 2 unspecified atom stereocenters. The van der Waals surface area contributed by atoms with Gasteiger partial charge in [-0.3, -0.25) is 0 Å². The first-order valence-electron chi connectivity index (χ1n) is 7.41. The van der Waals surface area contributed by atoms with Crippen LogP contribution in [0.15, 0.2) is 6.07 Å². The number of halogens is 2. The van der Waals surface area contributed by atoms with Crippen LogP contribution in [0.3, 0.4) is 0 Å². The van der Waals surface area contributed by atoms with Crippen LogP contribution >= 0.6 is 0 Å². The maximum absolute atomic E-state index is 13.8. The summed E-state index contributed by atoms with van der Waals surface area (Å²) in [6, 6.07) is 0.812. The van der Waals surface area contributed by atoms with Gasteiger partial charge in [0.15, 0.2) is 17.5 Å². The van der Waals surface area contributed by atoms with E-state index in [9.17, 15) is 8.78 Å². The van der Waals surface area contributed by atoms with Gasteiger partial charge in [-0.2, -0.15) is 4.98 Å². The number of nitrogens with zero attached hydrogens (tertiary/aromatic N) is 1. The molecule has 4 nitrogen and oxygen atoms in total. The fourth-order valence-electron chi connectivity index (χ4n) is 2.50. The monoisotopic (exact) mass is 300 g/mol. The lowest BCUT2D eigenvalue weighted by atomic mass is 10.0. The molecule has 0 bridgehead atoms. The summed E-state index contributed by atoms with van der Waals surface area (Å²) in [5.74, 6) is -1.61. The van der Waals surface area contributed by atoms with E-state index >= 15 is 0 Å². The minimum absolute atomic E-state index is 0.0291. The summed E-state index contributed by atoms with van der Waals surface area (Å²) in [5, 5.41) is 2.83. The van der Waals surface area contributed by atoms with E-state index in [-0.39, 0.29) is 30.0 Å². The molecule has 2 rings (SSSR count). The Balaban J connectivity index is 2.11. The summed E-state index contributed by atoms with van der Waals surface area (Å²) >= 11 is 0. The van der Waals surface area contributed by atoms with E-state index in [0.29, 0.717) is 19.4 Å². The second-order valence-electron chi connectivity index (χ2n) is 5.50.